The number of aryl methyl sites for hydroxylation is 1. The average molecular weight is 394 g/mol. The molecule has 0 bridgehead atoms. The van der Waals surface area contributed by atoms with Gasteiger partial charge in [0.05, 0.1) is 23.5 Å². The van der Waals surface area contributed by atoms with Crippen LogP contribution in [0.5, 0.6) is 0 Å². The number of anilines is 3. The molecule has 3 aromatic rings. The van der Waals surface area contributed by atoms with Gasteiger partial charge in [-0.05, 0) is 38.1 Å². The molecule has 0 radical (unpaired) electrons. The molecule has 3 rings (SSSR count). The first-order valence-electron chi connectivity index (χ1n) is 8.92. The zero-order valence-electron chi connectivity index (χ0n) is 15.9. The van der Waals surface area contributed by atoms with Crippen molar-refractivity contribution in [2.45, 2.75) is 13.8 Å². The Hall–Kier alpha value is -3.81. The van der Waals surface area contributed by atoms with Crippen LogP contribution >= 0.6 is 0 Å². The standard InChI is InChI=1S/C21H19FN4O3/c1-3-29-21(28)14-8-4-6-10-16(14)26-20(27)18-12-19(24-13(2)23-18)25-17-11-7-5-9-15(17)22/h4-12H,3H2,1-2H3,(H,26,27)(H,23,24,25). The second-order valence-electron chi connectivity index (χ2n) is 6.01. The van der Waals surface area contributed by atoms with Gasteiger partial charge < -0.3 is 15.4 Å². The van der Waals surface area contributed by atoms with Crippen LogP contribution in [0.1, 0.15) is 33.6 Å². The van der Waals surface area contributed by atoms with Crippen molar-refractivity contribution in [3.8, 4) is 0 Å². The van der Waals surface area contributed by atoms with Crippen LogP contribution in [-0.2, 0) is 4.74 Å². The number of rotatable bonds is 6. The van der Waals surface area contributed by atoms with Crippen molar-refractivity contribution in [2.75, 3.05) is 17.2 Å². The molecule has 0 spiro atoms. The highest BCUT2D eigenvalue weighted by Crippen LogP contribution is 2.20. The topological polar surface area (TPSA) is 93.2 Å². The number of aromatic nitrogens is 2. The van der Waals surface area contributed by atoms with E-state index in [2.05, 4.69) is 20.6 Å². The monoisotopic (exact) mass is 394 g/mol. The Morgan fingerprint density at radius 1 is 1.03 bits per heavy atom. The summed E-state index contributed by atoms with van der Waals surface area (Å²) < 4.78 is 18.9. The smallest absolute Gasteiger partial charge is 0.340 e. The molecular formula is C21H19FN4O3. The lowest BCUT2D eigenvalue weighted by Crippen LogP contribution is -2.18. The van der Waals surface area contributed by atoms with Crippen LogP contribution in [0.4, 0.5) is 21.6 Å². The molecule has 0 unspecified atom stereocenters. The van der Waals surface area contributed by atoms with E-state index in [-0.39, 0.29) is 29.4 Å². The molecule has 0 aliphatic heterocycles. The summed E-state index contributed by atoms with van der Waals surface area (Å²) in [4.78, 5) is 33.1. The summed E-state index contributed by atoms with van der Waals surface area (Å²) in [5.74, 6) is -0.923. The van der Waals surface area contributed by atoms with Gasteiger partial charge in [0.2, 0.25) is 0 Å². The number of hydrogen-bond acceptors (Lipinski definition) is 6. The summed E-state index contributed by atoms with van der Waals surface area (Å²) in [6.45, 7) is 3.54. The maximum absolute atomic E-state index is 13.9. The SMILES string of the molecule is CCOC(=O)c1ccccc1NC(=O)c1cc(Nc2ccccc2F)nc(C)n1. The summed E-state index contributed by atoms with van der Waals surface area (Å²) >= 11 is 0. The molecule has 29 heavy (non-hydrogen) atoms. The lowest BCUT2D eigenvalue weighted by atomic mass is 10.1. The minimum absolute atomic E-state index is 0.0648. The van der Waals surface area contributed by atoms with Crippen molar-refractivity contribution in [1.29, 1.82) is 0 Å². The van der Waals surface area contributed by atoms with Crippen molar-refractivity contribution in [1.82, 2.24) is 9.97 Å². The molecule has 2 N–H and O–H groups in total. The minimum Gasteiger partial charge on any atom is -0.462 e. The normalized spacial score (nSPS) is 10.3. The molecule has 8 heteroatoms. The van der Waals surface area contributed by atoms with Crippen molar-refractivity contribution in [3.63, 3.8) is 0 Å². The fourth-order valence-electron chi connectivity index (χ4n) is 2.61. The number of benzene rings is 2. The first-order chi connectivity index (χ1) is 14.0. The third-order valence-corrected chi connectivity index (χ3v) is 3.88. The lowest BCUT2D eigenvalue weighted by molar-refractivity contribution is 0.0527. The maximum atomic E-state index is 13.9. The molecule has 1 amide bonds. The molecule has 1 heterocycles. The average Bonchev–Trinajstić information content (AvgIpc) is 2.70. The fraction of sp³-hybridized carbons (Fsp3) is 0.143. The first kappa shape index (κ1) is 19.9. The van der Waals surface area contributed by atoms with Crippen LogP contribution in [0.3, 0.4) is 0 Å². The van der Waals surface area contributed by atoms with E-state index in [1.165, 1.54) is 12.1 Å². The van der Waals surface area contributed by atoms with Crippen LogP contribution in [-0.4, -0.2) is 28.5 Å². The Bertz CT molecular complexity index is 1060. The van der Waals surface area contributed by atoms with Crippen LogP contribution in [0.15, 0.2) is 54.6 Å². The number of carbonyl (C=O) groups is 2. The molecule has 1 aromatic heterocycles. The van der Waals surface area contributed by atoms with Gasteiger partial charge in [-0.3, -0.25) is 4.79 Å². The van der Waals surface area contributed by atoms with Crippen LogP contribution in [0, 0.1) is 12.7 Å². The zero-order valence-corrected chi connectivity index (χ0v) is 15.9. The second kappa shape index (κ2) is 8.92. The van der Waals surface area contributed by atoms with Gasteiger partial charge in [0.1, 0.15) is 23.2 Å². The number of carbonyl (C=O) groups excluding carboxylic acids is 2. The Kier molecular flexibility index (Phi) is 6.13. The highest BCUT2D eigenvalue weighted by Gasteiger charge is 2.17. The Morgan fingerprint density at radius 3 is 2.45 bits per heavy atom. The van der Waals surface area contributed by atoms with E-state index in [0.717, 1.165) is 0 Å². The predicted molar refractivity (Wildman–Crippen MR) is 107 cm³/mol. The maximum Gasteiger partial charge on any atom is 0.340 e. The predicted octanol–water partition coefficient (Wildman–Crippen LogP) is 4.10. The summed E-state index contributed by atoms with van der Waals surface area (Å²) in [6, 6.07) is 14.0. The third-order valence-electron chi connectivity index (χ3n) is 3.88. The van der Waals surface area contributed by atoms with Gasteiger partial charge in [0.15, 0.2) is 0 Å². The van der Waals surface area contributed by atoms with Crippen molar-refractivity contribution in [3.05, 3.63) is 77.5 Å². The van der Waals surface area contributed by atoms with Gasteiger partial charge >= 0.3 is 5.97 Å². The number of ether oxygens (including phenoxy) is 1. The van der Waals surface area contributed by atoms with Gasteiger partial charge in [0, 0.05) is 6.07 Å². The van der Waals surface area contributed by atoms with Gasteiger partial charge in [-0.15, -0.1) is 0 Å². The number of nitrogens with one attached hydrogen (secondary N) is 2. The lowest BCUT2D eigenvalue weighted by Gasteiger charge is -2.12. The first-order valence-corrected chi connectivity index (χ1v) is 8.92. The van der Waals surface area contributed by atoms with Gasteiger partial charge in [0.25, 0.3) is 5.91 Å². The molecule has 0 atom stereocenters. The van der Waals surface area contributed by atoms with Crippen LogP contribution < -0.4 is 10.6 Å². The molecule has 7 nitrogen and oxygen atoms in total. The molecule has 0 saturated carbocycles. The van der Waals surface area contributed by atoms with E-state index in [4.69, 9.17) is 4.74 Å². The molecule has 148 valence electrons. The number of amides is 1. The largest absolute Gasteiger partial charge is 0.462 e. The molecule has 0 saturated heterocycles. The number of nitrogens with zero attached hydrogens (tertiary/aromatic N) is 2. The van der Waals surface area contributed by atoms with E-state index in [9.17, 15) is 14.0 Å². The van der Waals surface area contributed by atoms with Gasteiger partial charge in [-0.1, -0.05) is 24.3 Å². The third kappa shape index (κ3) is 4.92. The molecule has 0 aliphatic rings. The van der Waals surface area contributed by atoms with E-state index in [1.54, 1.807) is 56.3 Å². The number of halogens is 1. The Morgan fingerprint density at radius 2 is 1.72 bits per heavy atom. The Balaban J connectivity index is 1.85. The second-order valence-corrected chi connectivity index (χ2v) is 6.01. The highest BCUT2D eigenvalue weighted by molar-refractivity contribution is 6.07. The van der Waals surface area contributed by atoms with Gasteiger partial charge in [-0.25, -0.2) is 19.2 Å². The van der Waals surface area contributed by atoms with Crippen LogP contribution in [0.25, 0.3) is 0 Å². The minimum atomic E-state index is -0.538. The van der Waals surface area contributed by atoms with Crippen molar-refractivity contribution in [2.24, 2.45) is 0 Å². The quantitative estimate of drug-likeness (QED) is 0.612. The van der Waals surface area contributed by atoms with Crippen molar-refractivity contribution < 1.29 is 18.7 Å². The summed E-state index contributed by atoms with van der Waals surface area (Å²) in [5.41, 5.74) is 0.827. The molecule has 0 aliphatic carbocycles. The van der Waals surface area contributed by atoms with Crippen molar-refractivity contribution >= 4 is 29.1 Å². The number of hydrogen-bond donors (Lipinski definition) is 2. The molecular weight excluding hydrogens is 375 g/mol. The fourth-order valence-corrected chi connectivity index (χ4v) is 2.61. The number of para-hydroxylation sites is 2. The van der Waals surface area contributed by atoms with E-state index >= 15 is 0 Å². The van der Waals surface area contributed by atoms with E-state index < -0.39 is 17.7 Å². The van der Waals surface area contributed by atoms with Gasteiger partial charge in [-0.2, -0.15) is 0 Å². The van der Waals surface area contributed by atoms with E-state index in [1.807, 2.05) is 0 Å². The number of esters is 1. The summed E-state index contributed by atoms with van der Waals surface area (Å²) in [6.07, 6.45) is 0. The molecule has 2 aromatic carbocycles. The highest BCUT2D eigenvalue weighted by atomic mass is 19.1. The zero-order chi connectivity index (χ0) is 20.8. The summed E-state index contributed by atoms with van der Waals surface area (Å²) in [5, 5.41) is 5.50. The van der Waals surface area contributed by atoms with E-state index in [0.29, 0.717) is 11.5 Å². The molecule has 0 fully saturated rings. The Labute approximate surface area is 167 Å². The summed E-state index contributed by atoms with van der Waals surface area (Å²) in [7, 11) is 0. The van der Waals surface area contributed by atoms with Crippen LogP contribution in [0.2, 0.25) is 0 Å².